The second-order valence-electron chi connectivity index (χ2n) is 16.0. The van der Waals surface area contributed by atoms with E-state index in [2.05, 4.69) is 0 Å². The van der Waals surface area contributed by atoms with Gasteiger partial charge in [-0.1, -0.05) is 72.4 Å². The van der Waals surface area contributed by atoms with Gasteiger partial charge in [0.15, 0.2) is 23.1 Å². The lowest BCUT2D eigenvalue weighted by molar-refractivity contribution is 0.100. The fourth-order valence-corrected chi connectivity index (χ4v) is 10.9. The zero-order valence-corrected chi connectivity index (χ0v) is 43.5. The van der Waals surface area contributed by atoms with Crippen LogP contribution in [0.4, 0.5) is 0 Å². The molecule has 0 N–H and O–H groups in total. The van der Waals surface area contributed by atoms with Gasteiger partial charge in [-0.25, -0.2) is 0 Å². The SMILES string of the molecule is COc1ccc(C(C)=O)c(OP(Oc2cc(OC)ccc2C(C)=O)Oc2ccc3ccccc3c2Sc2c(OP(Oc3cc(OC)ccc3C(C)=O)Oc3cc(OC)ccc3C(C)=O)ccc3ccccc23)c1. The van der Waals surface area contributed by atoms with Crippen molar-refractivity contribution in [2.75, 3.05) is 28.4 Å². The monoisotopic (exact) mass is 1040 g/mol. The summed E-state index contributed by atoms with van der Waals surface area (Å²) in [6.45, 7) is 5.65. The summed E-state index contributed by atoms with van der Waals surface area (Å²) in [6, 6.07) is 42.0. The minimum Gasteiger partial charge on any atom is -0.497 e. The first-order valence-corrected chi connectivity index (χ1v) is 25.4. The van der Waals surface area contributed by atoms with E-state index in [-0.39, 0.29) is 68.4 Å². The van der Waals surface area contributed by atoms with Crippen LogP contribution in [0.1, 0.15) is 69.1 Å². The Morgan fingerprint density at radius 1 is 0.342 bits per heavy atom. The molecule has 8 aromatic carbocycles. The first kappa shape index (κ1) is 51.5. The van der Waals surface area contributed by atoms with E-state index in [0.717, 1.165) is 21.5 Å². The molecule has 73 heavy (non-hydrogen) atoms. The topological polar surface area (TPSA) is 161 Å². The number of carbonyl (C=O) groups excluding carboxylic acids is 4. The van der Waals surface area contributed by atoms with Crippen LogP contribution in [0.5, 0.6) is 57.5 Å². The van der Waals surface area contributed by atoms with Crippen LogP contribution in [0.15, 0.2) is 155 Å². The van der Waals surface area contributed by atoms with Gasteiger partial charge in [-0.3, -0.25) is 19.2 Å². The molecule has 0 radical (unpaired) electrons. The van der Waals surface area contributed by atoms with Crippen LogP contribution in [0.25, 0.3) is 21.5 Å². The number of Topliss-reactive ketones (excluding diaryl/α,β-unsaturated/α-hetero) is 4. The highest BCUT2D eigenvalue weighted by molar-refractivity contribution is 8.00. The van der Waals surface area contributed by atoms with Crippen LogP contribution in [-0.2, 0) is 0 Å². The van der Waals surface area contributed by atoms with Crippen molar-refractivity contribution in [2.24, 2.45) is 0 Å². The molecule has 0 aromatic heterocycles. The summed E-state index contributed by atoms with van der Waals surface area (Å²) in [4.78, 5) is 53.3. The number of fused-ring (bicyclic) bond motifs is 2. The summed E-state index contributed by atoms with van der Waals surface area (Å²) in [7, 11) is 0.847. The highest BCUT2D eigenvalue weighted by Crippen LogP contribution is 2.54. The van der Waals surface area contributed by atoms with Gasteiger partial charge >= 0.3 is 17.2 Å². The van der Waals surface area contributed by atoms with E-state index in [9.17, 15) is 19.2 Å². The molecule has 0 aliphatic carbocycles. The molecule has 0 bridgehead atoms. The molecule has 17 heteroatoms. The predicted octanol–water partition coefficient (Wildman–Crippen LogP) is 14.5. The van der Waals surface area contributed by atoms with E-state index in [1.807, 2.05) is 60.7 Å². The number of benzene rings is 8. The fraction of sp³-hybridized carbons (Fsp3) is 0.143. The quantitative estimate of drug-likeness (QED) is 0.0465. The van der Waals surface area contributed by atoms with E-state index < -0.39 is 17.2 Å². The van der Waals surface area contributed by atoms with E-state index >= 15 is 0 Å². The third-order valence-corrected chi connectivity index (χ3v) is 14.5. The Bertz CT molecular complexity index is 3040. The van der Waals surface area contributed by atoms with Crippen LogP contribution in [0.2, 0.25) is 0 Å². The van der Waals surface area contributed by atoms with Crippen LogP contribution in [0.3, 0.4) is 0 Å². The van der Waals surface area contributed by atoms with Crippen molar-refractivity contribution in [1.82, 2.24) is 0 Å². The molecule has 0 aliphatic rings. The third-order valence-electron chi connectivity index (χ3n) is 11.2. The number of methoxy groups -OCH3 is 4. The van der Waals surface area contributed by atoms with Gasteiger partial charge in [-0.2, -0.15) is 0 Å². The summed E-state index contributed by atoms with van der Waals surface area (Å²) in [6.07, 6.45) is 0. The lowest BCUT2D eigenvalue weighted by Gasteiger charge is -2.24. The van der Waals surface area contributed by atoms with Gasteiger partial charge in [0.25, 0.3) is 0 Å². The molecule has 8 aromatic rings. The molecular weight excluding hydrogens is 991 g/mol. The molecule has 0 fully saturated rings. The van der Waals surface area contributed by atoms with Crippen molar-refractivity contribution < 1.29 is 65.3 Å². The molecule has 0 amide bonds. The number of hydrogen-bond acceptors (Lipinski definition) is 15. The van der Waals surface area contributed by atoms with Gasteiger partial charge < -0.3 is 46.1 Å². The van der Waals surface area contributed by atoms with Crippen molar-refractivity contribution in [2.45, 2.75) is 37.5 Å². The molecule has 0 atom stereocenters. The van der Waals surface area contributed by atoms with Gasteiger partial charge in [0.2, 0.25) is 0 Å². The zero-order chi connectivity index (χ0) is 51.8. The normalized spacial score (nSPS) is 11.0. The summed E-state index contributed by atoms with van der Waals surface area (Å²) in [5.74, 6) is 1.55. The minimum atomic E-state index is -2.56. The summed E-state index contributed by atoms with van der Waals surface area (Å²) in [5, 5.41) is 3.27. The summed E-state index contributed by atoms with van der Waals surface area (Å²) < 4.78 is 62.1. The van der Waals surface area contributed by atoms with Gasteiger partial charge in [-0.05, 0) is 110 Å². The van der Waals surface area contributed by atoms with Crippen molar-refractivity contribution in [3.05, 3.63) is 168 Å². The average Bonchev–Trinajstić information content (AvgIpc) is 3.39. The highest BCUT2D eigenvalue weighted by Gasteiger charge is 2.31. The molecule has 372 valence electrons. The van der Waals surface area contributed by atoms with Crippen LogP contribution >= 0.6 is 29.0 Å². The van der Waals surface area contributed by atoms with Crippen molar-refractivity contribution >= 4 is 73.6 Å². The Kier molecular flexibility index (Phi) is 16.3. The van der Waals surface area contributed by atoms with Crippen molar-refractivity contribution in [1.29, 1.82) is 0 Å². The molecule has 8 rings (SSSR count). The second-order valence-corrected chi connectivity index (χ2v) is 19.0. The molecule has 0 heterocycles. The summed E-state index contributed by atoms with van der Waals surface area (Å²) >= 11 is 1.32. The third kappa shape index (κ3) is 11.9. The van der Waals surface area contributed by atoms with E-state index in [0.29, 0.717) is 44.3 Å². The first-order valence-electron chi connectivity index (χ1n) is 22.4. The average molecular weight is 1040 g/mol. The predicted molar refractivity (Wildman–Crippen MR) is 282 cm³/mol. The lowest BCUT2D eigenvalue weighted by Crippen LogP contribution is -2.08. The van der Waals surface area contributed by atoms with Crippen LogP contribution in [-0.4, -0.2) is 51.6 Å². The molecule has 14 nitrogen and oxygen atoms in total. The van der Waals surface area contributed by atoms with Crippen molar-refractivity contribution in [3.8, 4) is 57.5 Å². The maximum Gasteiger partial charge on any atom is 0.530 e. The highest BCUT2D eigenvalue weighted by atomic mass is 32.2. The fourth-order valence-electron chi connectivity index (χ4n) is 7.48. The smallest absolute Gasteiger partial charge is 0.497 e. The van der Waals surface area contributed by atoms with Crippen molar-refractivity contribution in [3.63, 3.8) is 0 Å². The van der Waals surface area contributed by atoms with Gasteiger partial charge in [0.05, 0.1) is 60.5 Å². The molecule has 0 aliphatic heterocycles. The number of ether oxygens (including phenoxy) is 4. The zero-order valence-electron chi connectivity index (χ0n) is 40.9. The number of rotatable bonds is 22. The Morgan fingerprint density at radius 3 is 0.890 bits per heavy atom. The standard InChI is InChI=1S/C56H48O14P2S/c1-33(57)43-23-19-39(61-5)29-51(43)67-71(68-52-30-40(62-6)20-24-44(52)34(2)58)65-49-27-17-37-13-9-11-15-47(37)55(49)73-56-48-16-12-10-14-38(48)18-28-50(56)66-72(69-53-31-41(63-7)21-25-45(53)35(3)59)70-54-32-42(64-8)22-26-46(54)36(4)60/h9-32H,1-8H3. The molecular formula is C56H48O14P2S. The van der Waals surface area contributed by atoms with Crippen LogP contribution in [0, 0.1) is 0 Å². The van der Waals surface area contributed by atoms with E-state index in [4.69, 9.17) is 46.1 Å². The van der Waals surface area contributed by atoms with Gasteiger partial charge in [-0.15, -0.1) is 0 Å². The molecule has 0 saturated carbocycles. The van der Waals surface area contributed by atoms with Crippen LogP contribution < -0.4 is 46.1 Å². The lowest BCUT2D eigenvalue weighted by atomic mass is 10.1. The van der Waals surface area contributed by atoms with E-state index in [1.165, 1.54) is 67.9 Å². The Balaban J connectivity index is 1.29. The van der Waals surface area contributed by atoms with E-state index in [1.54, 1.807) is 84.9 Å². The number of ketones is 4. The maximum absolute atomic E-state index is 13.0. The maximum atomic E-state index is 13.0. The molecule has 0 saturated heterocycles. The Labute approximate surface area is 428 Å². The number of carbonyl (C=O) groups is 4. The summed E-state index contributed by atoms with van der Waals surface area (Å²) in [5.41, 5.74) is 0.938. The number of hydrogen-bond donors (Lipinski definition) is 0. The van der Waals surface area contributed by atoms with Gasteiger partial charge in [0, 0.05) is 24.3 Å². The second kappa shape index (κ2) is 23.2. The van der Waals surface area contributed by atoms with Gasteiger partial charge in [0.1, 0.15) is 57.5 Å². The largest absolute Gasteiger partial charge is 0.530 e. The molecule has 0 unspecified atom stereocenters. The minimum absolute atomic E-state index is 0.117. The first-order chi connectivity index (χ1) is 35.3. The Morgan fingerprint density at radius 2 is 0.616 bits per heavy atom. The Hall–Kier alpha value is -7.83. The molecule has 0 spiro atoms.